The van der Waals surface area contributed by atoms with Crippen molar-refractivity contribution in [3.8, 4) is 0 Å². The molecule has 0 heterocycles. The highest BCUT2D eigenvalue weighted by atomic mass is 16.1. The molecule has 1 aliphatic rings. The lowest BCUT2D eigenvalue weighted by atomic mass is 10.1. The van der Waals surface area contributed by atoms with Gasteiger partial charge in [-0.15, -0.1) is 0 Å². The SMILES string of the molecule is CC(CN)CC(=O)NC1CC1. The van der Waals surface area contributed by atoms with Gasteiger partial charge in [0, 0.05) is 12.5 Å². The summed E-state index contributed by atoms with van der Waals surface area (Å²) in [6.45, 7) is 2.59. The molecule has 0 aromatic rings. The summed E-state index contributed by atoms with van der Waals surface area (Å²) in [5.41, 5.74) is 5.39. The van der Waals surface area contributed by atoms with E-state index in [1.807, 2.05) is 6.92 Å². The number of hydrogen-bond donors (Lipinski definition) is 2. The van der Waals surface area contributed by atoms with Crippen molar-refractivity contribution in [1.29, 1.82) is 0 Å². The quantitative estimate of drug-likeness (QED) is 0.613. The molecule has 64 valence electrons. The van der Waals surface area contributed by atoms with E-state index in [4.69, 9.17) is 5.73 Å². The van der Waals surface area contributed by atoms with Crippen LogP contribution in [0.4, 0.5) is 0 Å². The van der Waals surface area contributed by atoms with Crippen molar-refractivity contribution in [3.63, 3.8) is 0 Å². The van der Waals surface area contributed by atoms with Crippen LogP contribution in [0.3, 0.4) is 0 Å². The van der Waals surface area contributed by atoms with Crippen molar-refractivity contribution in [1.82, 2.24) is 5.32 Å². The van der Waals surface area contributed by atoms with E-state index in [-0.39, 0.29) is 5.91 Å². The van der Waals surface area contributed by atoms with Crippen molar-refractivity contribution in [2.75, 3.05) is 6.54 Å². The van der Waals surface area contributed by atoms with E-state index < -0.39 is 0 Å². The van der Waals surface area contributed by atoms with E-state index in [0.717, 1.165) is 12.8 Å². The minimum atomic E-state index is 0.158. The van der Waals surface area contributed by atoms with Gasteiger partial charge in [0.1, 0.15) is 0 Å². The number of hydrogen-bond acceptors (Lipinski definition) is 2. The van der Waals surface area contributed by atoms with Crippen LogP contribution in [0.15, 0.2) is 0 Å². The monoisotopic (exact) mass is 156 g/mol. The number of nitrogens with one attached hydrogen (secondary N) is 1. The molecule has 1 rings (SSSR count). The molecule has 1 fully saturated rings. The van der Waals surface area contributed by atoms with Crippen LogP contribution < -0.4 is 11.1 Å². The number of rotatable bonds is 4. The highest BCUT2D eigenvalue weighted by molar-refractivity contribution is 5.76. The Hall–Kier alpha value is -0.570. The predicted octanol–water partition coefficient (Wildman–Crippen LogP) is 0.250. The molecule has 3 heteroatoms. The lowest BCUT2D eigenvalue weighted by Crippen LogP contribution is -2.28. The van der Waals surface area contributed by atoms with Gasteiger partial charge in [0.05, 0.1) is 0 Å². The van der Waals surface area contributed by atoms with E-state index in [1.54, 1.807) is 0 Å². The Labute approximate surface area is 67.3 Å². The van der Waals surface area contributed by atoms with E-state index in [9.17, 15) is 4.79 Å². The highest BCUT2D eigenvalue weighted by Gasteiger charge is 2.23. The Bertz CT molecular complexity index is 143. The average molecular weight is 156 g/mol. The van der Waals surface area contributed by atoms with Crippen LogP contribution in [0.5, 0.6) is 0 Å². The number of carbonyl (C=O) groups is 1. The van der Waals surface area contributed by atoms with Crippen molar-refractivity contribution in [2.24, 2.45) is 11.7 Å². The molecule has 1 atom stereocenters. The maximum absolute atomic E-state index is 11.1. The fourth-order valence-electron chi connectivity index (χ4n) is 0.914. The second kappa shape index (κ2) is 3.72. The first-order chi connectivity index (χ1) is 5.22. The fraction of sp³-hybridized carbons (Fsp3) is 0.875. The summed E-state index contributed by atoms with van der Waals surface area (Å²) >= 11 is 0. The second-order valence-electron chi connectivity index (χ2n) is 3.39. The van der Waals surface area contributed by atoms with Gasteiger partial charge >= 0.3 is 0 Å². The van der Waals surface area contributed by atoms with Crippen LogP contribution in [0.1, 0.15) is 26.2 Å². The first-order valence-electron chi connectivity index (χ1n) is 4.21. The molecule has 0 aromatic heterocycles. The van der Waals surface area contributed by atoms with Crippen LogP contribution >= 0.6 is 0 Å². The molecule has 0 aliphatic heterocycles. The first-order valence-corrected chi connectivity index (χ1v) is 4.21. The van der Waals surface area contributed by atoms with Gasteiger partial charge < -0.3 is 11.1 Å². The topological polar surface area (TPSA) is 55.1 Å². The molecular weight excluding hydrogens is 140 g/mol. The highest BCUT2D eigenvalue weighted by Crippen LogP contribution is 2.18. The van der Waals surface area contributed by atoms with Gasteiger partial charge in [0.25, 0.3) is 0 Å². The summed E-state index contributed by atoms with van der Waals surface area (Å²) in [5.74, 6) is 0.471. The number of carbonyl (C=O) groups excluding carboxylic acids is 1. The average Bonchev–Trinajstić information content (AvgIpc) is 2.71. The third kappa shape index (κ3) is 3.37. The smallest absolute Gasteiger partial charge is 0.220 e. The number of nitrogens with two attached hydrogens (primary N) is 1. The van der Waals surface area contributed by atoms with Gasteiger partial charge in [-0.2, -0.15) is 0 Å². The van der Waals surface area contributed by atoms with E-state index in [1.165, 1.54) is 0 Å². The largest absolute Gasteiger partial charge is 0.353 e. The minimum absolute atomic E-state index is 0.158. The normalized spacial score (nSPS) is 19.5. The first kappa shape index (κ1) is 8.53. The maximum atomic E-state index is 11.1. The van der Waals surface area contributed by atoms with Crippen LogP contribution in [-0.4, -0.2) is 18.5 Å². The van der Waals surface area contributed by atoms with Crippen LogP contribution in [0.25, 0.3) is 0 Å². The molecule has 1 saturated carbocycles. The molecule has 11 heavy (non-hydrogen) atoms. The summed E-state index contributed by atoms with van der Waals surface area (Å²) in [5, 5.41) is 2.92. The lowest BCUT2D eigenvalue weighted by Gasteiger charge is -2.07. The molecule has 0 bridgehead atoms. The van der Waals surface area contributed by atoms with Crippen molar-refractivity contribution >= 4 is 5.91 Å². The standard InChI is InChI=1S/C8H16N2O/c1-6(5-9)4-8(11)10-7-2-3-7/h6-7H,2-5,9H2,1H3,(H,10,11). The molecule has 1 unspecified atom stereocenters. The van der Waals surface area contributed by atoms with Crippen molar-refractivity contribution in [3.05, 3.63) is 0 Å². The Morgan fingerprint density at radius 3 is 2.82 bits per heavy atom. The fourth-order valence-corrected chi connectivity index (χ4v) is 0.914. The third-order valence-electron chi connectivity index (χ3n) is 1.88. The van der Waals surface area contributed by atoms with Crippen LogP contribution in [0.2, 0.25) is 0 Å². The zero-order valence-corrected chi connectivity index (χ0v) is 6.97. The molecular formula is C8H16N2O. The Morgan fingerprint density at radius 1 is 1.73 bits per heavy atom. The molecule has 0 aromatic carbocycles. The zero-order valence-electron chi connectivity index (χ0n) is 6.97. The Balaban J connectivity index is 2.08. The maximum Gasteiger partial charge on any atom is 0.220 e. The van der Waals surface area contributed by atoms with Gasteiger partial charge in [0.2, 0.25) is 5.91 Å². The van der Waals surface area contributed by atoms with Gasteiger partial charge in [-0.1, -0.05) is 6.92 Å². The van der Waals surface area contributed by atoms with Gasteiger partial charge in [-0.3, -0.25) is 4.79 Å². The Morgan fingerprint density at radius 2 is 2.36 bits per heavy atom. The van der Waals surface area contributed by atoms with Gasteiger partial charge in [-0.25, -0.2) is 0 Å². The molecule has 0 spiro atoms. The molecule has 1 aliphatic carbocycles. The van der Waals surface area contributed by atoms with Crippen molar-refractivity contribution in [2.45, 2.75) is 32.2 Å². The summed E-state index contributed by atoms with van der Waals surface area (Å²) in [6.07, 6.45) is 2.89. The summed E-state index contributed by atoms with van der Waals surface area (Å²) in [6, 6.07) is 0.479. The van der Waals surface area contributed by atoms with Gasteiger partial charge in [-0.05, 0) is 25.3 Å². The van der Waals surface area contributed by atoms with Crippen LogP contribution in [-0.2, 0) is 4.79 Å². The third-order valence-corrected chi connectivity index (χ3v) is 1.88. The molecule has 0 radical (unpaired) electrons. The molecule has 0 saturated heterocycles. The molecule has 3 N–H and O–H groups in total. The van der Waals surface area contributed by atoms with E-state index in [2.05, 4.69) is 5.32 Å². The predicted molar refractivity (Wildman–Crippen MR) is 44.0 cm³/mol. The van der Waals surface area contributed by atoms with Crippen molar-refractivity contribution < 1.29 is 4.79 Å². The summed E-state index contributed by atoms with van der Waals surface area (Å²) in [7, 11) is 0. The Kier molecular flexibility index (Phi) is 2.88. The summed E-state index contributed by atoms with van der Waals surface area (Å²) in [4.78, 5) is 11.1. The van der Waals surface area contributed by atoms with Crippen LogP contribution in [0, 0.1) is 5.92 Å². The lowest BCUT2D eigenvalue weighted by molar-refractivity contribution is -0.121. The van der Waals surface area contributed by atoms with E-state index >= 15 is 0 Å². The minimum Gasteiger partial charge on any atom is -0.353 e. The van der Waals surface area contributed by atoms with Gasteiger partial charge in [0.15, 0.2) is 0 Å². The molecule has 3 nitrogen and oxygen atoms in total. The number of amides is 1. The zero-order chi connectivity index (χ0) is 8.27. The second-order valence-corrected chi connectivity index (χ2v) is 3.39. The van der Waals surface area contributed by atoms with E-state index in [0.29, 0.717) is 24.9 Å². The summed E-state index contributed by atoms with van der Waals surface area (Å²) < 4.78 is 0. The molecule has 1 amide bonds.